The number of nitrogens with zero attached hydrogens (tertiary/aromatic N) is 2. The Morgan fingerprint density at radius 1 is 1.11 bits per heavy atom. The van der Waals surface area contributed by atoms with E-state index in [9.17, 15) is 4.79 Å². The van der Waals surface area contributed by atoms with Crippen molar-refractivity contribution in [1.82, 2.24) is 9.88 Å². The molecule has 0 aliphatic carbocycles. The van der Waals surface area contributed by atoms with Gasteiger partial charge in [0.2, 0.25) is 0 Å². The maximum Gasteiger partial charge on any atom is 0.272 e. The summed E-state index contributed by atoms with van der Waals surface area (Å²) in [4.78, 5) is 18.9. The lowest BCUT2D eigenvalue weighted by atomic mass is 9.79. The van der Waals surface area contributed by atoms with Gasteiger partial charge in [0.05, 0.1) is 26.4 Å². The number of rotatable bonds is 3. The topological polar surface area (TPSA) is 60.9 Å². The number of amides is 1. The summed E-state index contributed by atoms with van der Waals surface area (Å²) in [6.07, 6.45) is 4.06. The third-order valence-corrected chi connectivity index (χ3v) is 5.60. The standard InChI is InChI=1S/C21H24N2O4/c1-25-16-3-4-18-15(13-16)6-12-27-21(18)7-10-23(11-8-21)20(24)19-14-17(26-2)5-9-22-19/h3-5,9,13-14H,6-8,10-12H2,1-2H3. The van der Waals surface area contributed by atoms with E-state index in [1.807, 2.05) is 11.0 Å². The number of ether oxygens (including phenoxy) is 3. The van der Waals surface area contributed by atoms with Crippen molar-refractivity contribution in [2.45, 2.75) is 24.9 Å². The van der Waals surface area contributed by atoms with Crippen LogP contribution in [0.3, 0.4) is 0 Å². The lowest BCUT2D eigenvalue weighted by molar-refractivity contribution is -0.0935. The molecule has 6 heteroatoms. The van der Waals surface area contributed by atoms with Crippen molar-refractivity contribution in [3.63, 3.8) is 0 Å². The SMILES string of the molecule is COc1ccnc(C(=O)N2CCC3(CC2)OCCc2cc(OC)ccc23)c1. The fourth-order valence-corrected chi connectivity index (χ4v) is 4.08. The van der Waals surface area contributed by atoms with Gasteiger partial charge in [0.15, 0.2) is 0 Å². The first-order chi connectivity index (χ1) is 13.1. The molecule has 0 atom stereocenters. The van der Waals surface area contributed by atoms with E-state index in [1.54, 1.807) is 32.5 Å². The highest BCUT2D eigenvalue weighted by Crippen LogP contribution is 2.42. The molecule has 1 aromatic heterocycles. The molecule has 0 bridgehead atoms. The molecular formula is C21H24N2O4. The predicted octanol–water partition coefficient (Wildman–Crippen LogP) is 2.80. The number of carbonyl (C=O) groups is 1. The zero-order chi connectivity index (χ0) is 18.9. The lowest BCUT2D eigenvalue weighted by Gasteiger charge is -2.45. The van der Waals surface area contributed by atoms with Gasteiger partial charge in [0, 0.05) is 25.4 Å². The Morgan fingerprint density at radius 2 is 1.85 bits per heavy atom. The van der Waals surface area contributed by atoms with Crippen LogP contribution in [0.25, 0.3) is 0 Å². The molecule has 4 rings (SSSR count). The number of benzene rings is 1. The van der Waals surface area contributed by atoms with E-state index in [2.05, 4.69) is 17.1 Å². The van der Waals surface area contributed by atoms with Gasteiger partial charge in [-0.1, -0.05) is 6.07 Å². The molecule has 1 saturated heterocycles. The van der Waals surface area contributed by atoms with E-state index in [0.29, 0.717) is 31.1 Å². The minimum absolute atomic E-state index is 0.0606. The van der Waals surface area contributed by atoms with Crippen molar-refractivity contribution in [2.24, 2.45) is 0 Å². The lowest BCUT2D eigenvalue weighted by Crippen LogP contribution is -2.48. The second kappa shape index (κ2) is 7.19. The van der Waals surface area contributed by atoms with Crippen LogP contribution in [-0.2, 0) is 16.8 Å². The molecular weight excluding hydrogens is 344 g/mol. The number of likely N-dealkylation sites (tertiary alicyclic amines) is 1. The van der Waals surface area contributed by atoms with E-state index in [1.165, 1.54) is 11.1 Å². The maximum absolute atomic E-state index is 12.8. The molecule has 142 valence electrons. The maximum atomic E-state index is 12.8. The van der Waals surface area contributed by atoms with Crippen molar-refractivity contribution in [2.75, 3.05) is 33.9 Å². The number of carbonyl (C=O) groups excluding carboxylic acids is 1. The Balaban J connectivity index is 1.51. The average Bonchev–Trinajstić information content (AvgIpc) is 2.73. The van der Waals surface area contributed by atoms with E-state index in [-0.39, 0.29) is 11.5 Å². The van der Waals surface area contributed by atoms with Gasteiger partial charge in [-0.15, -0.1) is 0 Å². The van der Waals surface area contributed by atoms with Crippen molar-refractivity contribution in [1.29, 1.82) is 0 Å². The van der Waals surface area contributed by atoms with Gasteiger partial charge >= 0.3 is 0 Å². The summed E-state index contributed by atoms with van der Waals surface area (Å²) in [6.45, 7) is 1.98. The first kappa shape index (κ1) is 17.8. The summed E-state index contributed by atoms with van der Waals surface area (Å²) in [7, 11) is 3.27. The van der Waals surface area contributed by atoms with E-state index in [0.717, 1.165) is 25.0 Å². The molecule has 1 spiro atoms. The Bertz CT molecular complexity index is 844. The van der Waals surface area contributed by atoms with Gasteiger partial charge in [0.25, 0.3) is 5.91 Å². The fraction of sp³-hybridized carbons (Fsp3) is 0.429. The number of piperidine rings is 1. The minimum atomic E-state index is -0.307. The van der Waals surface area contributed by atoms with Crippen LogP contribution in [-0.4, -0.2) is 49.7 Å². The molecule has 0 N–H and O–H groups in total. The molecule has 2 aliphatic rings. The van der Waals surface area contributed by atoms with Crippen molar-refractivity contribution < 1.29 is 19.0 Å². The predicted molar refractivity (Wildman–Crippen MR) is 100 cm³/mol. The third kappa shape index (κ3) is 3.25. The molecule has 0 radical (unpaired) electrons. The second-order valence-electron chi connectivity index (χ2n) is 6.99. The smallest absolute Gasteiger partial charge is 0.272 e. The number of pyridine rings is 1. The molecule has 2 aromatic rings. The fourth-order valence-electron chi connectivity index (χ4n) is 4.08. The highest BCUT2D eigenvalue weighted by Gasteiger charge is 2.42. The van der Waals surface area contributed by atoms with Gasteiger partial charge in [-0.25, -0.2) is 0 Å². The van der Waals surface area contributed by atoms with Crippen molar-refractivity contribution >= 4 is 5.91 Å². The summed E-state index contributed by atoms with van der Waals surface area (Å²) in [5.41, 5.74) is 2.63. The quantitative estimate of drug-likeness (QED) is 0.834. The van der Waals surface area contributed by atoms with Crippen LogP contribution in [0.4, 0.5) is 0 Å². The first-order valence-electron chi connectivity index (χ1n) is 9.26. The van der Waals surface area contributed by atoms with Crippen LogP contribution in [0.15, 0.2) is 36.5 Å². The number of aromatic nitrogens is 1. The van der Waals surface area contributed by atoms with Crippen LogP contribution in [0, 0.1) is 0 Å². The molecule has 1 aromatic carbocycles. The van der Waals surface area contributed by atoms with Crippen LogP contribution in [0.2, 0.25) is 0 Å². The van der Waals surface area contributed by atoms with Gasteiger partial charge in [-0.05, 0) is 48.6 Å². The zero-order valence-electron chi connectivity index (χ0n) is 15.7. The van der Waals surface area contributed by atoms with Crippen LogP contribution in [0.1, 0.15) is 34.5 Å². The van der Waals surface area contributed by atoms with Crippen LogP contribution >= 0.6 is 0 Å². The van der Waals surface area contributed by atoms with Gasteiger partial charge in [-0.3, -0.25) is 9.78 Å². The Kier molecular flexibility index (Phi) is 4.74. The molecule has 0 saturated carbocycles. The molecule has 27 heavy (non-hydrogen) atoms. The van der Waals surface area contributed by atoms with Gasteiger partial charge in [0.1, 0.15) is 17.2 Å². The van der Waals surface area contributed by atoms with Gasteiger partial charge < -0.3 is 19.1 Å². The number of hydrogen-bond donors (Lipinski definition) is 0. The first-order valence-corrected chi connectivity index (χ1v) is 9.26. The summed E-state index contributed by atoms with van der Waals surface area (Å²) in [6, 6.07) is 9.65. The average molecular weight is 368 g/mol. The molecule has 6 nitrogen and oxygen atoms in total. The Morgan fingerprint density at radius 3 is 2.59 bits per heavy atom. The number of fused-ring (bicyclic) bond motifs is 2. The van der Waals surface area contributed by atoms with E-state index in [4.69, 9.17) is 14.2 Å². The van der Waals surface area contributed by atoms with Crippen LogP contribution in [0.5, 0.6) is 11.5 Å². The molecule has 2 aliphatic heterocycles. The molecule has 3 heterocycles. The Labute approximate surface area is 159 Å². The molecule has 1 fully saturated rings. The molecule has 1 amide bonds. The Hall–Kier alpha value is -2.60. The zero-order valence-corrected chi connectivity index (χ0v) is 15.7. The minimum Gasteiger partial charge on any atom is -0.497 e. The van der Waals surface area contributed by atoms with Crippen molar-refractivity contribution in [3.05, 3.63) is 53.3 Å². The van der Waals surface area contributed by atoms with E-state index >= 15 is 0 Å². The normalized spacial score (nSPS) is 18.1. The second-order valence-corrected chi connectivity index (χ2v) is 6.99. The molecule has 0 unspecified atom stereocenters. The summed E-state index contributed by atoms with van der Waals surface area (Å²) >= 11 is 0. The van der Waals surface area contributed by atoms with Crippen molar-refractivity contribution in [3.8, 4) is 11.5 Å². The summed E-state index contributed by atoms with van der Waals surface area (Å²) in [5.74, 6) is 1.46. The van der Waals surface area contributed by atoms with Crippen LogP contribution < -0.4 is 9.47 Å². The number of methoxy groups -OCH3 is 2. The summed E-state index contributed by atoms with van der Waals surface area (Å²) in [5, 5.41) is 0. The number of hydrogen-bond acceptors (Lipinski definition) is 5. The van der Waals surface area contributed by atoms with E-state index < -0.39 is 0 Å². The highest BCUT2D eigenvalue weighted by molar-refractivity contribution is 5.92. The van der Waals surface area contributed by atoms with Gasteiger partial charge in [-0.2, -0.15) is 0 Å². The monoisotopic (exact) mass is 368 g/mol. The largest absolute Gasteiger partial charge is 0.497 e. The third-order valence-electron chi connectivity index (χ3n) is 5.60. The summed E-state index contributed by atoms with van der Waals surface area (Å²) < 4.78 is 16.8. The highest BCUT2D eigenvalue weighted by atomic mass is 16.5.